The monoisotopic (exact) mass is 456 g/mol. The summed E-state index contributed by atoms with van der Waals surface area (Å²) in [7, 11) is 5.19. The Bertz CT molecular complexity index is 1050. The van der Waals surface area contributed by atoms with E-state index in [-0.39, 0.29) is 16.9 Å². The second kappa shape index (κ2) is 10.5. The van der Waals surface area contributed by atoms with Gasteiger partial charge in [0.05, 0.1) is 25.3 Å². The summed E-state index contributed by atoms with van der Waals surface area (Å²) < 4.78 is 24.7. The summed E-state index contributed by atoms with van der Waals surface area (Å²) in [6.45, 7) is 3.43. The van der Waals surface area contributed by atoms with E-state index in [1.165, 1.54) is 24.1 Å². The highest BCUT2D eigenvalue weighted by atomic mass is 19.1. The first-order valence-electron chi connectivity index (χ1n) is 10.8. The lowest BCUT2D eigenvalue weighted by Gasteiger charge is -2.26. The molecular weight excluding hydrogens is 427 g/mol. The summed E-state index contributed by atoms with van der Waals surface area (Å²) in [4.78, 5) is 29.4. The molecule has 3 rings (SSSR count). The molecule has 1 aliphatic heterocycles. The zero-order chi connectivity index (χ0) is 24.1. The summed E-state index contributed by atoms with van der Waals surface area (Å²) in [5.74, 6) is -1.93. The minimum Gasteiger partial charge on any atom is -0.507 e. The maximum absolute atomic E-state index is 14.3. The second-order valence-corrected chi connectivity index (χ2v) is 8.00. The van der Waals surface area contributed by atoms with Gasteiger partial charge in [-0.25, -0.2) is 4.39 Å². The van der Waals surface area contributed by atoms with E-state index in [0.717, 1.165) is 12.6 Å². The lowest BCUT2D eigenvalue weighted by atomic mass is 9.95. The van der Waals surface area contributed by atoms with Crippen molar-refractivity contribution in [2.75, 3.05) is 40.9 Å². The molecule has 1 amide bonds. The van der Waals surface area contributed by atoms with Crippen molar-refractivity contribution in [3.05, 3.63) is 65.0 Å². The van der Waals surface area contributed by atoms with E-state index in [0.29, 0.717) is 30.9 Å². The number of ketones is 1. The molecule has 7 nitrogen and oxygen atoms in total. The number of nitrogens with zero attached hydrogens (tertiary/aromatic N) is 2. The fraction of sp³-hybridized carbons (Fsp3) is 0.360. The zero-order valence-corrected chi connectivity index (χ0v) is 19.3. The fourth-order valence-electron chi connectivity index (χ4n) is 3.90. The van der Waals surface area contributed by atoms with Crippen LogP contribution >= 0.6 is 0 Å². The standard InChI is InChI=1S/C25H29FN2O5/c1-5-33-18-10-7-16(8-11-18)22-21(23(29)17-9-12-20(32-4)19(26)15-17)24(30)25(31)28(22)14-6-13-27(2)3/h7-12,15,22,29H,5-6,13-14H2,1-4H3. The SMILES string of the molecule is CCOc1ccc(C2C(=C(O)c3ccc(OC)c(F)c3)C(=O)C(=O)N2CCCN(C)C)cc1. The number of likely N-dealkylation sites (tertiary alicyclic amines) is 1. The van der Waals surface area contributed by atoms with Crippen LogP contribution in [0.1, 0.15) is 30.5 Å². The topological polar surface area (TPSA) is 79.3 Å². The number of aliphatic hydroxyl groups excluding tert-OH is 1. The molecule has 0 aliphatic carbocycles. The number of aliphatic hydroxyl groups is 1. The highest BCUT2D eigenvalue weighted by Gasteiger charge is 2.45. The van der Waals surface area contributed by atoms with Crippen molar-refractivity contribution in [3.8, 4) is 11.5 Å². The molecule has 2 aromatic carbocycles. The summed E-state index contributed by atoms with van der Waals surface area (Å²) in [5, 5.41) is 11.0. The van der Waals surface area contributed by atoms with E-state index >= 15 is 0 Å². The Morgan fingerprint density at radius 3 is 2.42 bits per heavy atom. The number of Topliss-reactive ketones (excluding diaryl/α,β-unsaturated/α-hetero) is 1. The molecule has 8 heteroatoms. The number of hydrogen-bond acceptors (Lipinski definition) is 6. The first-order valence-corrected chi connectivity index (χ1v) is 10.8. The summed E-state index contributed by atoms with van der Waals surface area (Å²) in [6, 6.07) is 10.1. The predicted molar refractivity (Wildman–Crippen MR) is 123 cm³/mol. The molecule has 0 saturated carbocycles. The van der Waals surface area contributed by atoms with E-state index in [4.69, 9.17) is 9.47 Å². The molecule has 1 aliphatic rings. The number of carbonyl (C=O) groups is 2. The Morgan fingerprint density at radius 2 is 1.85 bits per heavy atom. The second-order valence-electron chi connectivity index (χ2n) is 8.00. The molecule has 176 valence electrons. The largest absolute Gasteiger partial charge is 0.507 e. The summed E-state index contributed by atoms with van der Waals surface area (Å²) in [6.07, 6.45) is 0.644. The normalized spacial score (nSPS) is 17.6. The van der Waals surface area contributed by atoms with Gasteiger partial charge >= 0.3 is 0 Å². The third kappa shape index (κ3) is 5.17. The lowest BCUT2D eigenvalue weighted by Crippen LogP contribution is -2.32. The Kier molecular flexibility index (Phi) is 7.71. The maximum Gasteiger partial charge on any atom is 0.295 e. The van der Waals surface area contributed by atoms with Gasteiger partial charge in [-0.05, 0) is 69.9 Å². The van der Waals surface area contributed by atoms with E-state index in [2.05, 4.69) is 0 Å². The van der Waals surface area contributed by atoms with Crippen LogP contribution in [0.4, 0.5) is 4.39 Å². The van der Waals surface area contributed by atoms with Gasteiger partial charge in [0, 0.05) is 12.1 Å². The van der Waals surface area contributed by atoms with Crippen molar-refractivity contribution in [2.24, 2.45) is 0 Å². The van der Waals surface area contributed by atoms with Crippen LogP contribution in [0.5, 0.6) is 11.5 Å². The molecule has 0 spiro atoms. The van der Waals surface area contributed by atoms with Crippen LogP contribution in [-0.4, -0.2) is 67.5 Å². The molecule has 1 unspecified atom stereocenters. The van der Waals surface area contributed by atoms with E-state index in [9.17, 15) is 19.1 Å². The van der Waals surface area contributed by atoms with Gasteiger partial charge in [-0.2, -0.15) is 0 Å². The number of amides is 1. The van der Waals surface area contributed by atoms with Crippen LogP contribution in [0.25, 0.3) is 5.76 Å². The van der Waals surface area contributed by atoms with Gasteiger partial charge in [-0.1, -0.05) is 12.1 Å². The highest BCUT2D eigenvalue weighted by Crippen LogP contribution is 2.40. The maximum atomic E-state index is 14.3. The van der Waals surface area contributed by atoms with Crippen molar-refractivity contribution in [1.82, 2.24) is 9.80 Å². The van der Waals surface area contributed by atoms with Crippen LogP contribution in [0.2, 0.25) is 0 Å². The first kappa shape index (κ1) is 24.3. The molecule has 0 aromatic heterocycles. The molecule has 1 fully saturated rings. The average molecular weight is 457 g/mol. The Balaban J connectivity index is 2.08. The van der Waals surface area contributed by atoms with Gasteiger partial charge in [-0.15, -0.1) is 0 Å². The van der Waals surface area contributed by atoms with Gasteiger partial charge in [0.2, 0.25) is 0 Å². The quantitative estimate of drug-likeness (QED) is 0.353. The number of rotatable bonds is 9. The van der Waals surface area contributed by atoms with Crippen LogP contribution in [0.15, 0.2) is 48.0 Å². The molecule has 1 N–H and O–H groups in total. The molecular formula is C25H29FN2O5. The third-order valence-electron chi connectivity index (χ3n) is 5.48. The highest BCUT2D eigenvalue weighted by molar-refractivity contribution is 6.46. The minimum atomic E-state index is -0.799. The average Bonchev–Trinajstić information content (AvgIpc) is 3.04. The van der Waals surface area contributed by atoms with E-state index < -0.39 is 29.3 Å². The van der Waals surface area contributed by atoms with Gasteiger partial charge < -0.3 is 24.4 Å². The van der Waals surface area contributed by atoms with Gasteiger partial charge in [-0.3, -0.25) is 9.59 Å². The number of halogens is 1. The van der Waals surface area contributed by atoms with Crippen molar-refractivity contribution < 1.29 is 28.6 Å². The lowest BCUT2D eigenvalue weighted by molar-refractivity contribution is -0.139. The molecule has 1 heterocycles. The molecule has 1 saturated heterocycles. The summed E-state index contributed by atoms with van der Waals surface area (Å²) >= 11 is 0. The number of hydrogen-bond donors (Lipinski definition) is 1. The predicted octanol–water partition coefficient (Wildman–Crippen LogP) is 3.61. The number of carbonyl (C=O) groups excluding carboxylic acids is 2. The van der Waals surface area contributed by atoms with Crippen molar-refractivity contribution >= 4 is 17.4 Å². The van der Waals surface area contributed by atoms with Crippen LogP contribution < -0.4 is 9.47 Å². The molecule has 0 bridgehead atoms. The van der Waals surface area contributed by atoms with Gasteiger partial charge in [0.15, 0.2) is 11.6 Å². The first-order chi connectivity index (χ1) is 15.8. The number of benzene rings is 2. The van der Waals surface area contributed by atoms with Crippen LogP contribution in [-0.2, 0) is 9.59 Å². The van der Waals surface area contributed by atoms with Gasteiger partial charge in [0.25, 0.3) is 11.7 Å². The Hall–Kier alpha value is -3.39. The number of ether oxygens (including phenoxy) is 2. The Labute approximate surface area is 193 Å². The van der Waals surface area contributed by atoms with Crippen LogP contribution in [0.3, 0.4) is 0 Å². The number of methoxy groups -OCH3 is 1. The van der Waals surface area contributed by atoms with Crippen LogP contribution in [0, 0.1) is 5.82 Å². The van der Waals surface area contributed by atoms with Gasteiger partial charge in [0.1, 0.15) is 11.5 Å². The summed E-state index contributed by atoms with van der Waals surface area (Å²) in [5.41, 5.74) is 0.673. The molecule has 33 heavy (non-hydrogen) atoms. The zero-order valence-electron chi connectivity index (χ0n) is 19.3. The third-order valence-corrected chi connectivity index (χ3v) is 5.48. The van der Waals surface area contributed by atoms with E-state index in [1.54, 1.807) is 24.3 Å². The Morgan fingerprint density at radius 1 is 1.15 bits per heavy atom. The smallest absolute Gasteiger partial charge is 0.295 e. The van der Waals surface area contributed by atoms with Crippen molar-refractivity contribution in [1.29, 1.82) is 0 Å². The fourth-order valence-corrected chi connectivity index (χ4v) is 3.90. The molecule has 2 aromatic rings. The van der Waals surface area contributed by atoms with E-state index in [1.807, 2.05) is 25.9 Å². The van der Waals surface area contributed by atoms with Crippen molar-refractivity contribution in [3.63, 3.8) is 0 Å². The molecule has 1 atom stereocenters. The minimum absolute atomic E-state index is 0.0127. The molecule has 0 radical (unpaired) electrons. The van der Waals surface area contributed by atoms with Crippen molar-refractivity contribution in [2.45, 2.75) is 19.4 Å².